The van der Waals surface area contributed by atoms with E-state index in [2.05, 4.69) is 16.8 Å². The average molecular weight is 371 g/mol. The minimum Gasteiger partial charge on any atom is -0.345 e. The van der Waals surface area contributed by atoms with Crippen molar-refractivity contribution in [3.8, 4) is 0 Å². The van der Waals surface area contributed by atoms with E-state index < -0.39 is 0 Å². The van der Waals surface area contributed by atoms with Gasteiger partial charge in [-0.2, -0.15) is 0 Å². The van der Waals surface area contributed by atoms with Gasteiger partial charge >= 0.3 is 0 Å². The largest absolute Gasteiger partial charge is 0.345 e. The average Bonchev–Trinajstić information content (AvgIpc) is 3.07. The molecule has 0 saturated carbocycles. The van der Waals surface area contributed by atoms with Gasteiger partial charge < -0.3 is 4.90 Å². The molecule has 2 aromatic heterocycles. The van der Waals surface area contributed by atoms with Crippen LogP contribution in [0.25, 0.3) is 16.7 Å². The smallest absolute Gasteiger partial charge is 0.263 e. The molecule has 0 unspecified atom stereocenters. The van der Waals surface area contributed by atoms with Crippen molar-refractivity contribution >= 4 is 34.3 Å². The lowest BCUT2D eigenvalue weighted by Crippen LogP contribution is -2.29. The van der Waals surface area contributed by atoms with Crippen LogP contribution in [0.5, 0.6) is 0 Å². The van der Waals surface area contributed by atoms with Crippen molar-refractivity contribution in [2.45, 2.75) is 25.0 Å². The maximum absolute atomic E-state index is 12.7. The Morgan fingerprint density at radius 2 is 2.12 bits per heavy atom. The molecule has 0 N–H and O–H groups in total. The number of hydrogen-bond donors (Lipinski definition) is 0. The number of hydrogen-bond acceptors (Lipinski definition) is 5. The van der Waals surface area contributed by atoms with E-state index in [-0.39, 0.29) is 17.2 Å². The number of aromatic nitrogens is 4. The van der Waals surface area contributed by atoms with Gasteiger partial charge in [0.1, 0.15) is 0 Å². The first-order valence-electron chi connectivity index (χ1n) is 8.42. The molecule has 2 heterocycles. The Hall–Kier alpha value is -2.61. The van der Waals surface area contributed by atoms with E-state index in [1.165, 1.54) is 16.3 Å². The van der Waals surface area contributed by atoms with Crippen LogP contribution in [0.2, 0.25) is 0 Å². The van der Waals surface area contributed by atoms with Gasteiger partial charge in [-0.1, -0.05) is 36.9 Å². The molecular formula is C18H21N5O2S. The number of allylic oxidation sites excluding steroid dienone is 1. The van der Waals surface area contributed by atoms with Crippen molar-refractivity contribution in [1.82, 2.24) is 24.1 Å². The van der Waals surface area contributed by atoms with Crippen LogP contribution in [0, 0.1) is 0 Å². The lowest BCUT2D eigenvalue weighted by atomic mass is 10.2. The van der Waals surface area contributed by atoms with Gasteiger partial charge in [-0.15, -0.1) is 16.8 Å². The number of carbonyl (C=O) groups is 1. The van der Waals surface area contributed by atoms with E-state index in [1.807, 2.05) is 29.5 Å². The molecule has 136 valence electrons. The van der Waals surface area contributed by atoms with Crippen LogP contribution < -0.4 is 5.56 Å². The zero-order valence-corrected chi connectivity index (χ0v) is 15.7. The fourth-order valence-corrected chi connectivity index (χ4v) is 3.70. The summed E-state index contributed by atoms with van der Waals surface area (Å²) in [5.41, 5.74) is 0.602. The Balaban J connectivity index is 2.07. The highest BCUT2D eigenvalue weighted by atomic mass is 32.2. The van der Waals surface area contributed by atoms with Crippen molar-refractivity contribution in [1.29, 1.82) is 0 Å². The first-order valence-corrected chi connectivity index (χ1v) is 9.41. The lowest BCUT2D eigenvalue weighted by molar-refractivity contribution is -0.127. The highest BCUT2D eigenvalue weighted by Crippen LogP contribution is 2.21. The molecule has 0 aliphatic heterocycles. The van der Waals surface area contributed by atoms with Crippen LogP contribution in [-0.2, 0) is 11.3 Å². The zero-order chi connectivity index (χ0) is 18.7. The number of amides is 1. The molecule has 0 fully saturated rings. The van der Waals surface area contributed by atoms with Crippen LogP contribution >= 0.6 is 11.8 Å². The quantitative estimate of drug-likeness (QED) is 0.470. The number of nitrogens with zero attached hydrogens (tertiary/aromatic N) is 5. The molecule has 8 heteroatoms. The standard InChI is InChI=1S/C18H21N5O2S/c1-4-10-21(3)15(24)12-26-18-20-19-17-22(11-5-2)16(25)13-8-6-7-9-14(13)23(17)18/h5-9H,2,4,10-12H2,1,3H3. The molecule has 3 aromatic rings. The number of thioether (sulfide) groups is 1. The molecule has 26 heavy (non-hydrogen) atoms. The van der Waals surface area contributed by atoms with Gasteiger partial charge in [0.2, 0.25) is 11.7 Å². The third-order valence-corrected chi connectivity index (χ3v) is 5.01. The van der Waals surface area contributed by atoms with Crippen LogP contribution in [0.1, 0.15) is 13.3 Å². The predicted molar refractivity (Wildman–Crippen MR) is 104 cm³/mol. The number of carbonyl (C=O) groups excluding carboxylic acids is 1. The van der Waals surface area contributed by atoms with E-state index in [4.69, 9.17) is 0 Å². The highest BCUT2D eigenvalue weighted by Gasteiger charge is 2.17. The minimum atomic E-state index is -0.129. The van der Waals surface area contributed by atoms with Crippen molar-refractivity contribution in [2.75, 3.05) is 19.3 Å². The molecular weight excluding hydrogens is 350 g/mol. The first kappa shape index (κ1) is 18.2. The lowest BCUT2D eigenvalue weighted by Gasteiger charge is -2.15. The maximum Gasteiger partial charge on any atom is 0.263 e. The third-order valence-electron chi connectivity index (χ3n) is 4.10. The van der Waals surface area contributed by atoms with Crippen molar-refractivity contribution < 1.29 is 4.79 Å². The summed E-state index contributed by atoms with van der Waals surface area (Å²) in [6.07, 6.45) is 2.57. The Morgan fingerprint density at radius 1 is 1.35 bits per heavy atom. The van der Waals surface area contributed by atoms with E-state index in [1.54, 1.807) is 24.1 Å². The van der Waals surface area contributed by atoms with E-state index in [0.29, 0.717) is 22.9 Å². The molecule has 0 bridgehead atoms. The Labute approximate surface area is 155 Å². The Bertz CT molecular complexity index is 1020. The summed E-state index contributed by atoms with van der Waals surface area (Å²) in [7, 11) is 1.80. The Kier molecular flexibility index (Phi) is 5.41. The summed E-state index contributed by atoms with van der Waals surface area (Å²) in [6, 6.07) is 7.34. The fourth-order valence-electron chi connectivity index (χ4n) is 2.82. The Morgan fingerprint density at radius 3 is 2.85 bits per heavy atom. The van der Waals surface area contributed by atoms with Crippen LogP contribution in [0.3, 0.4) is 0 Å². The highest BCUT2D eigenvalue weighted by molar-refractivity contribution is 7.99. The summed E-state index contributed by atoms with van der Waals surface area (Å²) < 4.78 is 3.37. The van der Waals surface area contributed by atoms with E-state index >= 15 is 0 Å². The summed E-state index contributed by atoms with van der Waals surface area (Å²) >= 11 is 1.32. The number of fused-ring (bicyclic) bond motifs is 3. The van der Waals surface area contributed by atoms with Crippen molar-refractivity contribution in [2.24, 2.45) is 0 Å². The molecule has 1 amide bonds. The second-order valence-electron chi connectivity index (χ2n) is 5.94. The van der Waals surface area contributed by atoms with Crippen LogP contribution in [0.15, 0.2) is 46.9 Å². The van der Waals surface area contributed by atoms with Crippen LogP contribution in [-0.4, -0.2) is 49.3 Å². The maximum atomic E-state index is 12.7. The van der Waals surface area contributed by atoms with Gasteiger partial charge in [0, 0.05) is 20.1 Å². The van der Waals surface area contributed by atoms with Gasteiger partial charge in [0.15, 0.2) is 5.16 Å². The summed E-state index contributed by atoms with van der Waals surface area (Å²) in [6.45, 7) is 6.82. The molecule has 0 radical (unpaired) electrons. The normalized spacial score (nSPS) is 11.2. The summed E-state index contributed by atoms with van der Waals surface area (Å²) in [5, 5.41) is 9.58. The number of rotatable bonds is 7. The van der Waals surface area contributed by atoms with Gasteiger partial charge in [-0.3, -0.25) is 18.6 Å². The number of para-hydroxylation sites is 1. The summed E-state index contributed by atoms with van der Waals surface area (Å²) in [5.74, 6) is 0.759. The molecule has 1 aromatic carbocycles. The molecule has 7 nitrogen and oxygen atoms in total. The number of benzene rings is 1. The van der Waals surface area contributed by atoms with Crippen molar-refractivity contribution in [3.05, 3.63) is 47.3 Å². The summed E-state index contributed by atoms with van der Waals surface area (Å²) in [4.78, 5) is 26.7. The second-order valence-corrected chi connectivity index (χ2v) is 6.89. The van der Waals surface area contributed by atoms with Gasteiger partial charge in [-0.05, 0) is 18.6 Å². The SMILES string of the molecule is C=CCn1c(=O)c2ccccc2n2c(SCC(=O)N(C)CCC)nnc12. The molecule has 0 atom stereocenters. The molecule has 3 rings (SSSR count). The first-order chi connectivity index (χ1) is 12.6. The molecule has 0 spiro atoms. The third kappa shape index (κ3) is 3.24. The van der Waals surface area contributed by atoms with Gasteiger partial charge in [0.25, 0.3) is 5.56 Å². The predicted octanol–water partition coefficient (Wildman–Crippen LogP) is 2.19. The van der Waals surface area contributed by atoms with E-state index in [0.717, 1.165) is 18.5 Å². The minimum absolute atomic E-state index is 0.0392. The monoisotopic (exact) mass is 371 g/mol. The molecule has 0 aliphatic carbocycles. The van der Waals surface area contributed by atoms with Gasteiger partial charge in [-0.25, -0.2) is 0 Å². The fraction of sp³-hybridized carbons (Fsp3) is 0.333. The zero-order valence-electron chi connectivity index (χ0n) is 14.9. The van der Waals surface area contributed by atoms with E-state index in [9.17, 15) is 9.59 Å². The van der Waals surface area contributed by atoms with Crippen LogP contribution in [0.4, 0.5) is 0 Å². The molecule has 0 aliphatic rings. The molecule has 0 saturated heterocycles. The topological polar surface area (TPSA) is 72.5 Å². The second kappa shape index (κ2) is 7.74. The van der Waals surface area contributed by atoms with Crippen molar-refractivity contribution in [3.63, 3.8) is 0 Å². The van der Waals surface area contributed by atoms with Gasteiger partial charge in [0.05, 0.1) is 16.7 Å².